The van der Waals surface area contributed by atoms with Crippen LogP contribution in [-0.2, 0) is 21.2 Å². The zero-order valence-corrected chi connectivity index (χ0v) is 35.0. The molecule has 15 heteroatoms. The van der Waals surface area contributed by atoms with E-state index in [9.17, 15) is 28.4 Å². The molecular weight excluding hydrogens is 797 g/mol. The van der Waals surface area contributed by atoms with Crippen LogP contribution in [0.4, 0.5) is 5.69 Å². The number of carboxylic acids is 1. The molecule has 0 spiro atoms. The van der Waals surface area contributed by atoms with Crippen LogP contribution in [-0.4, -0.2) is 50.9 Å². The van der Waals surface area contributed by atoms with E-state index in [1.165, 1.54) is 12.1 Å². The van der Waals surface area contributed by atoms with E-state index < -0.39 is 28.1 Å². The molecule has 7 aromatic rings. The molecule has 60 heavy (non-hydrogen) atoms. The number of fused-ring (bicyclic) bond motifs is 4. The highest BCUT2D eigenvalue weighted by atomic mass is 32.2. The third-order valence-corrected chi connectivity index (χ3v) is 13.5. The number of nitrogens with zero attached hydrogens (tertiary/aromatic N) is 5. The zero-order chi connectivity index (χ0) is 42.5. The highest BCUT2D eigenvalue weighted by molar-refractivity contribution is 7.92. The van der Waals surface area contributed by atoms with Crippen LogP contribution < -0.4 is 10.0 Å². The molecule has 1 unspecified atom stereocenters. The quantitative estimate of drug-likeness (QED) is 0.0995. The molecule has 13 nitrogen and oxygen atoms in total. The van der Waals surface area contributed by atoms with E-state index in [4.69, 9.17) is 4.99 Å². The van der Waals surface area contributed by atoms with Gasteiger partial charge in [-0.2, -0.15) is 5.26 Å². The number of aliphatic imine (C=N–C) groups is 1. The number of aliphatic carboxylic acids is 1. The Kier molecular flexibility index (Phi) is 10.4. The van der Waals surface area contributed by atoms with Gasteiger partial charge < -0.3 is 15.4 Å². The molecule has 1 amide bonds. The largest absolute Gasteiger partial charge is 0.481 e. The van der Waals surface area contributed by atoms with Gasteiger partial charge in [0.15, 0.2) is 5.82 Å². The number of nitriles is 1. The minimum atomic E-state index is -3.97. The maximum Gasteiger partial charge on any atom is 0.306 e. The van der Waals surface area contributed by atoms with Crippen molar-refractivity contribution < 1.29 is 23.1 Å². The van der Waals surface area contributed by atoms with Gasteiger partial charge in [0.25, 0.3) is 15.9 Å². The molecule has 3 aromatic heterocycles. The first kappa shape index (κ1) is 39.9. The molecular formula is C45H40N8O5S2. The first-order valence-electron chi connectivity index (χ1n) is 19.3. The van der Waals surface area contributed by atoms with Crippen molar-refractivity contribution in [2.45, 2.75) is 64.4 Å². The molecule has 0 saturated heterocycles. The number of aryl methyl sites for hydroxylation is 3. The van der Waals surface area contributed by atoms with Gasteiger partial charge in [0.2, 0.25) is 0 Å². The van der Waals surface area contributed by atoms with Crippen LogP contribution in [0.25, 0.3) is 27.0 Å². The molecule has 0 radical (unpaired) electrons. The first-order chi connectivity index (χ1) is 28.8. The second-order valence-electron chi connectivity index (χ2n) is 14.7. The Bertz CT molecular complexity index is 3010. The van der Waals surface area contributed by atoms with Gasteiger partial charge in [-0.3, -0.25) is 23.9 Å². The number of anilines is 1. The van der Waals surface area contributed by atoms with Crippen molar-refractivity contribution in [3.8, 4) is 22.2 Å². The lowest BCUT2D eigenvalue weighted by molar-refractivity contribution is -0.137. The molecule has 2 atom stereocenters. The fourth-order valence-corrected chi connectivity index (χ4v) is 9.90. The van der Waals surface area contributed by atoms with Crippen molar-refractivity contribution in [3.63, 3.8) is 0 Å². The number of nitrogens with one attached hydrogen (secondary N) is 3. The van der Waals surface area contributed by atoms with Crippen molar-refractivity contribution in [2.24, 2.45) is 4.99 Å². The number of carbonyl (C=O) groups excluding carboxylic acids is 1. The van der Waals surface area contributed by atoms with E-state index >= 15 is 0 Å². The molecule has 0 aliphatic carbocycles. The lowest BCUT2D eigenvalue weighted by atomic mass is 9.96. The molecule has 4 aromatic carbocycles. The maximum absolute atomic E-state index is 13.4. The van der Waals surface area contributed by atoms with Gasteiger partial charge in [0, 0.05) is 33.2 Å². The second kappa shape index (κ2) is 15.7. The Hall–Kier alpha value is -6.89. The molecule has 4 N–H and O–H groups in total. The highest BCUT2D eigenvalue weighted by Gasteiger charge is 2.32. The van der Waals surface area contributed by atoms with E-state index in [0.717, 1.165) is 48.8 Å². The Morgan fingerprint density at radius 3 is 2.27 bits per heavy atom. The summed E-state index contributed by atoms with van der Waals surface area (Å²) >= 11 is 1.61. The molecule has 1 aliphatic heterocycles. The summed E-state index contributed by atoms with van der Waals surface area (Å²) in [5, 5.41) is 32.5. The van der Waals surface area contributed by atoms with Crippen LogP contribution in [0.1, 0.15) is 92.6 Å². The highest BCUT2D eigenvalue weighted by Crippen LogP contribution is 2.40. The van der Waals surface area contributed by atoms with Gasteiger partial charge in [-0.1, -0.05) is 61.5 Å². The van der Waals surface area contributed by atoms with Crippen LogP contribution in [0, 0.1) is 32.1 Å². The van der Waals surface area contributed by atoms with Crippen molar-refractivity contribution >= 4 is 55.5 Å². The summed E-state index contributed by atoms with van der Waals surface area (Å²) < 4.78 is 31.4. The molecule has 4 heterocycles. The molecule has 0 fully saturated rings. The Morgan fingerprint density at radius 1 is 0.950 bits per heavy atom. The smallest absolute Gasteiger partial charge is 0.306 e. The van der Waals surface area contributed by atoms with Crippen molar-refractivity contribution in [1.29, 1.82) is 5.26 Å². The monoisotopic (exact) mass is 836 g/mol. The van der Waals surface area contributed by atoms with E-state index in [-0.39, 0.29) is 17.2 Å². The topological polar surface area (TPSA) is 195 Å². The maximum atomic E-state index is 13.4. The molecule has 8 rings (SSSR count). The van der Waals surface area contributed by atoms with Crippen molar-refractivity contribution in [2.75, 3.05) is 4.72 Å². The fourth-order valence-electron chi connectivity index (χ4n) is 7.62. The van der Waals surface area contributed by atoms with Crippen molar-refractivity contribution in [1.82, 2.24) is 25.1 Å². The van der Waals surface area contributed by atoms with Crippen LogP contribution in [0.2, 0.25) is 0 Å². The van der Waals surface area contributed by atoms with Crippen molar-refractivity contribution in [3.05, 3.63) is 147 Å². The number of hydrogen-bond acceptors (Lipinski definition) is 9. The third kappa shape index (κ3) is 7.24. The van der Waals surface area contributed by atoms with Gasteiger partial charge in [-0.05, 0) is 92.3 Å². The number of rotatable bonds is 11. The second-order valence-corrected chi connectivity index (χ2v) is 17.6. The number of H-pyrrole nitrogens is 1. The lowest BCUT2D eigenvalue weighted by Crippen LogP contribution is -2.26. The predicted octanol–water partition coefficient (Wildman–Crippen LogP) is 8.50. The third-order valence-electron chi connectivity index (χ3n) is 11.0. The summed E-state index contributed by atoms with van der Waals surface area (Å²) in [5.74, 6) is -0.0839. The standard InChI is InChI=1S/C45H40N8O5S2/c1-6-28-17-20-36(42-40(28)34(22-46)23-47-42)52-60(57,58)35-18-15-29(16-19-35)25(3)48-44(56)33-13-9-31(10-14-33)30-7-11-32(12-8-30)41-39-24(2)26(4)59-45(39)53-27(5)50-51-43(53)37(49-41)21-38(54)55/h7-20,23,25,37,47,52H,6,21H2,1-5H3,(H,48,56)(H,54,55)/t25?,37-/m0/s1. The SMILES string of the molecule is CCc1ccc(NS(=O)(=O)c2ccc(C(C)NC(=O)c3ccc(-c4ccc(C5=N[C@@H](CC(=O)O)c6nnc(C)n6-c6sc(C)c(C)c65)cc4)cc3)cc2)c2[nH]cc(C#N)c12. The summed E-state index contributed by atoms with van der Waals surface area (Å²) in [6.07, 6.45) is 2.04. The van der Waals surface area contributed by atoms with Crippen LogP contribution in [0.15, 0.2) is 101 Å². The van der Waals surface area contributed by atoms with Gasteiger partial charge in [0.05, 0.1) is 39.8 Å². The number of thiophene rings is 1. The van der Waals surface area contributed by atoms with E-state index in [1.54, 1.807) is 47.9 Å². The van der Waals surface area contributed by atoms with E-state index in [2.05, 4.69) is 38.2 Å². The van der Waals surface area contributed by atoms with Crippen LogP contribution >= 0.6 is 11.3 Å². The normalized spacial score (nSPS) is 14.1. The Morgan fingerprint density at radius 2 is 1.62 bits per heavy atom. The lowest BCUT2D eigenvalue weighted by Gasteiger charge is -2.16. The minimum Gasteiger partial charge on any atom is -0.481 e. The molecule has 302 valence electrons. The molecule has 0 saturated carbocycles. The minimum absolute atomic E-state index is 0.0551. The number of aromatic amines is 1. The van der Waals surface area contributed by atoms with Gasteiger partial charge in [-0.25, -0.2) is 8.42 Å². The summed E-state index contributed by atoms with van der Waals surface area (Å²) in [6, 6.07) is 26.1. The number of hydrogen-bond donors (Lipinski definition) is 4. The number of sulfonamides is 1. The Balaban J connectivity index is 0.956. The summed E-state index contributed by atoms with van der Waals surface area (Å²) in [6.45, 7) is 9.77. The average Bonchev–Trinajstić information content (AvgIpc) is 3.91. The fraction of sp³-hybridized carbons (Fsp3) is 0.200. The summed E-state index contributed by atoms with van der Waals surface area (Å²) in [7, 11) is -3.97. The van der Waals surface area contributed by atoms with E-state index in [1.807, 2.05) is 74.7 Å². The number of aromatic nitrogens is 4. The van der Waals surface area contributed by atoms with E-state index in [0.29, 0.717) is 51.5 Å². The number of carbonyl (C=O) groups is 2. The van der Waals surface area contributed by atoms with Crippen LogP contribution in [0.5, 0.6) is 0 Å². The number of carboxylic acid groups (broad SMARTS) is 1. The number of amides is 1. The van der Waals surface area contributed by atoms with Gasteiger partial charge in [0.1, 0.15) is 22.9 Å². The average molecular weight is 837 g/mol. The summed E-state index contributed by atoms with van der Waals surface area (Å²) in [5.41, 5.74) is 8.85. The Labute approximate surface area is 350 Å². The van der Waals surface area contributed by atoms with Crippen LogP contribution in [0.3, 0.4) is 0 Å². The zero-order valence-electron chi connectivity index (χ0n) is 33.4. The molecule has 1 aliphatic rings. The van der Waals surface area contributed by atoms with Gasteiger partial charge in [-0.15, -0.1) is 21.5 Å². The first-order valence-corrected chi connectivity index (χ1v) is 21.6. The summed E-state index contributed by atoms with van der Waals surface area (Å²) in [4.78, 5) is 34.5. The predicted molar refractivity (Wildman–Crippen MR) is 231 cm³/mol. The molecule has 0 bridgehead atoms. The number of benzene rings is 4. The van der Waals surface area contributed by atoms with Gasteiger partial charge >= 0.3 is 5.97 Å².